The van der Waals surface area contributed by atoms with E-state index in [4.69, 9.17) is 14.7 Å². The number of ether oxygens (including phenoxy) is 2. The Kier molecular flexibility index (Phi) is 9.11. The summed E-state index contributed by atoms with van der Waals surface area (Å²) in [6.45, 7) is 5.35. The van der Waals surface area contributed by atoms with E-state index in [1.165, 1.54) is 24.3 Å². The van der Waals surface area contributed by atoms with Gasteiger partial charge in [0.05, 0.1) is 34.8 Å². The van der Waals surface area contributed by atoms with Gasteiger partial charge in [0.1, 0.15) is 30.4 Å². The summed E-state index contributed by atoms with van der Waals surface area (Å²) in [5, 5.41) is 8.92. The number of esters is 1. The number of hydrogen-bond donors (Lipinski definition) is 0. The number of benzene rings is 2. The Morgan fingerprint density at radius 3 is 2.47 bits per heavy atom. The third-order valence-corrected chi connectivity index (χ3v) is 7.47. The van der Waals surface area contributed by atoms with Gasteiger partial charge in [-0.1, -0.05) is 12.1 Å². The van der Waals surface area contributed by atoms with Crippen LogP contribution in [0, 0.1) is 17.1 Å². The van der Waals surface area contributed by atoms with Crippen molar-refractivity contribution in [3.63, 3.8) is 0 Å². The van der Waals surface area contributed by atoms with E-state index in [-0.39, 0.29) is 41.5 Å². The van der Waals surface area contributed by atoms with Gasteiger partial charge in [-0.05, 0) is 83.1 Å². The van der Waals surface area contributed by atoms with Crippen molar-refractivity contribution in [3.8, 4) is 11.9 Å². The number of likely N-dealkylation sites (tertiary alicyclic amines) is 1. The zero-order chi connectivity index (χ0) is 32.4. The summed E-state index contributed by atoms with van der Waals surface area (Å²) in [6.07, 6.45) is -3.03. The quantitative estimate of drug-likeness (QED) is 0.155. The highest BCUT2D eigenvalue weighted by atomic mass is 19.4. The van der Waals surface area contributed by atoms with Crippen molar-refractivity contribution in [1.82, 2.24) is 19.4 Å². The van der Waals surface area contributed by atoms with Crippen molar-refractivity contribution < 1.29 is 31.8 Å². The average molecular weight is 624 g/mol. The zero-order valence-electron chi connectivity index (χ0n) is 25.2. The standard InChI is InChI=1S/C33H33F4N5O3/c1-32(2,3)45-31(43)23-9-10-27-28(16-23)42(20-33(35,36)37)29(39-27)18-41-13-11-22(12-14-41)26-5-4-6-30(40-26)44-19-24-8-7-21(17-38)15-25(24)34/h4-10,15-16,22H,11-14,18-20H2,1-3H3. The van der Waals surface area contributed by atoms with E-state index in [1.54, 1.807) is 32.9 Å². The number of imidazole rings is 1. The predicted octanol–water partition coefficient (Wildman–Crippen LogP) is 6.92. The first-order chi connectivity index (χ1) is 21.3. The van der Waals surface area contributed by atoms with E-state index in [0.29, 0.717) is 30.0 Å². The number of hydrogen-bond acceptors (Lipinski definition) is 7. The zero-order valence-corrected chi connectivity index (χ0v) is 25.2. The third-order valence-electron chi connectivity index (χ3n) is 7.47. The highest BCUT2D eigenvalue weighted by molar-refractivity contribution is 5.94. The highest BCUT2D eigenvalue weighted by Crippen LogP contribution is 2.31. The Hall–Kier alpha value is -4.50. The van der Waals surface area contributed by atoms with Crippen molar-refractivity contribution in [2.45, 2.75) is 71.0 Å². The molecule has 0 bridgehead atoms. The van der Waals surface area contributed by atoms with Crippen LogP contribution >= 0.6 is 0 Å². The molecule has 2 aromatic carbocycles. The van der Waals surface area contributed by atoms with Crippen LogP contribution < -0.4 is 4.74 Å². The molecule has 1 aliphatic heterocycles. The lowest BCUT2D eigenvalue weighted by atomic mass is 9.93. The molecule has 1 aliphatic rings. The monoisotopic (exact) mass is 623 g/mol. The number of nitriles is 1. The molecule has 8 nitrogen and oxygen atoms in total. The van der Waals surface area contributed by atoms with Crippen molar-refractivity contribution >= 4 is 17.0 Å². The molecule has 1 saturated heterocycles. The molecule has 1 fully saturated rings. The molecular formula is C33H33F4N5O3. The molecule has 0 spiro atoms. The molecule has 0 radical (unpaired) electrons. The van der Waals surface area contributed by atoms with Crippen LogP contribution in [-0.2, 0) is 24.4 Å². The second-order valence-corrected chi connectivity index (χ2v) is 12.1. The first-order valence-corrected chi connectivity index (χ1v) is 14.6. The molecule has 0 unspecified atom stereocenters. The van der Waals surface area contributed by atoms with Gasteiger partial charge in [-0.2, -0.15) is 18.4 Å². The number of halogens is 4. The lowest BCUT2D eigenvalue weighted by Crippen LogP contribution is -2.34. The average Bonchev–Trinajstić information content (AvgIpc) is 3.30. The highest BCUT2D eigenvalue weighted by Gasteiger charge is 2.32. The van der Waals surface area contributed by atoms with Gasteiger partial charge in [0.15, 0.2) is 0 Å². The smallest absolute Gasteiger partial charge is 0.406 e. The van der Waals surface area contributed by atoms with Gasteiger partial charge in [-0.3, -0.25) is 4.90 Å². The molecule has 0 saturated carbocycles. The maximum atomic E-state index is 14.2. The van der Waals surface area contributed by atoms with Crippen LogP contribution in [0.15, 0.2) is 54.6 Å². The summed E-state index contributed by atoms with van der Waals surface area (Å²) in [4.78, 5) is 23.8. The summed E-state index contributed by atoms with van der Waals surface area (Å²) < 4.78 is 67.5. The molecule has 0 amide bonds. The number of piperidine rings is 1. The Morgan fingerprint density at radius 1 is 1.04 bits per heavy atom. The van der Waals surface area contributed by atoms with Crippen LogP contribution in [0.25, 0.3) is 11.0 Å². The molecular weight excluding hydrogens is 590 g/mol. The molecule has 3 heterocycles. The summed E-state index contributed by atoms with van der Waals surface area (Å²) in [7, 11) is 0. The first-order valence-electron chi connectivity index (χ1n) is 14.6. The molecule has 0 aliphatic carbocycles. The summed E-state index contributed by atoms with van der Waals surface area (Å²) >= 11 is 0. The van der Waals surface area contributed by atoms with Crippen molar-refractivity contribution in [3.05, 3.63) is 88.6 Å². The Balaban J connectivity index is 1.26. The molecule has 4 aromatic rings. The predicted molar refractivity (Wildman–Crippen MR) is 158 cm³/mol. The summed E-state index contributed by atoms with van der Waals surface area (Å²) in [6, 6.07) is 16.0. The number of carbonyl (C=O) groups is 1. The lowest BCUT2D eigenvalue weighted by molar-refractivity contribution is -0.140. The number of aromatic nitrogens is 3. The van der Waals surface area contributed by atoms with Gasteiger partial charge in [0.25, 0.3) is 0 Å². The van der Waals surface area contributed by atoms with Gasteiger partial charge < -0.3 is 14.0 Å². The van der Waals surface area contributed by atoms with Crippen molar-refractivity contribution in [2.24, 2.45) is 0 Å². The van der Waals surface area contributed by atoms with Gasteiger partial charge in [-0.15, -0.1) is 0 Å². The van der Waals surface area contributed by atoms with E-state index in [9.17, 15) is 22.4 Å². The SMILES string of the molecule is CC(C)(C)OC(=O)c1ccc2nc(CN3CCC(c4cccc(OCc5ccc(C#N)cc5F)n4)CC3)n(CC(F)(F)F)c2c1. The number of alkyl halides is 3. The number of nitrogens with zero attached hydrogens (tertiary/aromatic N) is 5. The van der Waals surface area contributed by atoms with Crippen molar-refractivity contribution in [2.75, 3.05) is 13.1 Å². The van der Waals surface area contributed by atoms with Crippen molar-refractivity contribution in [1.29, 1.82) is 5.26 Å². The largest absolute Gasteiger partial charge is 0.473 e. The van der Waals surface area contributed by atoms with E-state index in [0.717, 1.165) is 29.2 Å². The minimum atomic E-state index is -4.48. The number of pyridine rings is 1. The van der Waals surface area contributed by atoms with E-state index in [2.05, 4.69) is 14.9 Å². The van der Waals surface area contributed by atoms with E-state index >= 15 is 0 Å². The summed E-state index contributed by atoms with van der Waals surface area (Å²) in [5.41, 5.74) is 1.38. The Bertz CT molecular complexity index is 1730. The Morgan fingerprint density at radius 2 is 1.80 bits per heavy atom. The fourth-order valence-corrected chi connectivity index (χ4v) is 5.32. The second kappa shape index (κ2) is 12.9. The number of fused-ring (bicyclic) bond motifs is 1. The van der Waals surface area contributed by atoms with Crippen LogP contribution in [0.1, 0.15) is 72.5 Å². The molecule has 12 heteroatoms. The molecule has 45 heavy (non-hydrogen) atoms. The summed E-state index contributed by atoms with van der Waals surface area (Å²) in [5.74, 6) is -0.403. The maximum absolute atomic E-state index is 14.2. The lowest BCUT2D eigenvalue weighted by Gasteiger charge is -2.31. The van der Waals surface area contributed by atoms with Crippen LogP contribution in [0.5, 0.6) is 5.88 Å². The fraction of sp³-hybridized carbons (Fsp3) is 0.394. The molecule has 0 atom stereocenters. The van der Waals surface area contributed by atoms with Gasteiger partial charge >= 0.3 is 12.1 Å². The van der Waals surface area contributed by atoms with Crippen LogP contribution in [0.4, 0.5) is 17.6 Å². The minimum absolute atomic E-state index is 0.0371. The maximum Gasteiger partial charge on any atom is 0.406 e. The fourth-order valence-electron chi connectivity index (χ4n) is 5.32. The Labute approximate surface area is 258 Å². The number of rotatable bonds is 8. The van der Waals surface area contributed by atoms with Crippen LogP contribution in [-0.4, -0.2) is 50.3 Å². The molecule has 236 valence electrons. The van der Waals surface area contributed by atoms with Gasteiger partial charge in [0.2, 0.25) is 5.88 Å². The molecule has 5 rings (SSSR count). The van der Waals surface area contributed by atoms with Gasteiger partial charge in [0, 0.05) is 23.2 Å². The van der Waals surface area contributed by atoms with Crippen LogP contribution in [0.2, 0.25) is 0 Å². The number of carbonyl (C=O) groups excluding carboxylic acids is 1. The second-order valence-electron chi connectivity index (χ2n) is 12.1. The van der Waals surface area contributed by atoms with E-state index < -0.39 is 30.1 Å². The third kappa shape index (κ3) is 8.16. The first kappa shape index (κ1) is 31.9. The minimum Gasteiger partial charge on any atom is -0.473 e. The van der Waals surface area contributed by atoms with Crippen LogP contribution in [0.3, 0.4) is 0 Å². The molecule has 2 aromatic heterocycles. The van der Waals surface area contributed by atoms with E-state index in [1.807, 2.05) is 18.2 Å². The van der Waals surface area contributed by atoms with Gasteiger partial charge in [-0.25, -0.2) is 19.2 Å². The topological polar surface area (TPSA) is 93.3 Å². The molecule has 0 N–H and O–H groups in total. The normalized spacial score (nSPS) is 14.8.